The van der Waals surface area contributed by atoms with Crippen LogP contribution in [-0.4, -0.2) is 11.4 Å². The lowest BCUT2D eigenvalue weighted by atomic mass is 9.97. The number of benzene rings is 1. The molecule has 0 aromatic heterocycles. The fourth-order valence-corrected chi connectivity index (χ4v) is 1.02. The van der Waals surface area contributed by atoms with Crippen molar-refractivity contribution in [1.82, 2.24) is 0 Å². The first-order valence-corrected chi connectivity index (χ1v) is 4.25. The summed E-state index contributed by atoms with van der Waals surface area (Å²) in [4.78, 5) is 11.6. The second-order valence-corrected chi connectivity index (χ2v) is 3.09. The molecule has 70 valence electrons. The van der Waals surface area contributed by atoms with Crippen LogP contribution < -0.4 is 11.5 Å². The van der Waals surface area contributed by atoms with Gasteiger partial charge in [-0.3, -0.25) is 4.79 Å². The van der Waals surface area contributed by atoms with E-state index in [1.54, 1.807) is 31.2 Å². The molecule has 0 fully saturated rings. The lowest BCUT2D eigenvalue weighted by molar-refractivity contribution is 0.0888. The molecule has 0 amide bonds. The highest BCUT2D eigenvalue weighted by Crippen LogP contribution is 2.09. The van der Waals surface area contributed by atoms with Crippen molar-refractivity contribution < 1.29 is 4.79 Å². The lowest BCUT2D eigenvalue weighted by Gasteiger charge is -2.20. The van der Waals surface area contributed by atoms with Gasteiger partial charge in [0.05, 0.1) is 0 Å². The molecule has 3 heteroatoms. The molecule has 1 aromatic rings. The molecule has 0 atom stereocenters. The van der Waals surface area contributed by atoms with Crippen molar-refractivity contribution >= 4 is 5.78 Å². The minimum atomic E-state index is -1.23. The summed E-state index contributed by atoms with van der Waals surface area (Å²) in [5.74, 6) is -0.212. The zero-order valence-electron chi connectivity index (χ0n) is 7.66. The summed E-state index contributed by atoms with van der Waals surface area (Å²) in [5, 5.41) is 0. The molecule has 0 aliphatic heterocycles. The van der Waals surface area contributed by atoms with Crippen molar-refractivity contribution in [3.8, 4) is 0 Å². The van der Waals surface area contributed by atoms with Gasteiger partial charge < -0.3 is 11.5 Å². The topological polar surface area (TPSA) is 69.1 Å². The van der Waals surface area contributed by atoms with Crippen LogP contribution in [0.25, 0.3) is 0 Å². The monoisotopic (exact) mass is 178 g/mol. The maximum absolute atomic E-state index is 11.6. The first kappa shape index (κ1) is 9.89. The highest BCUT2D eigenvalue weighted by Gasteiger charge is 2.27. The largest absolute Gasteiger partial charge is 0.307 e. The van der Waals surface area contributed by atoms with E-state index in [1.807, 2.05) is 6.07 Å². The Hall–Kier alpha value is -1.19. The van der Waals surface area contributed by atoms with Gasteiger partial charge in [-0.25, -0.2) is 0 Å². The van der Waals surface area contributed by atoms with E-state index in [2.05, 4.69) is 0 Å². The summed E-state index contributed by atoms with van der Waals surface area (Å²) in [7, 11) is 0. The summed E-state index contributed by atoms with van der Waals surface area (Å²) in [6.45, 7) is 1.79. The van der Waals surface area contributed by atoms with E-state index >= 15 is 0 Å². The molecule has 0 saturated heterocycles. The van der Waals surface area contributed by atoms with Gasteiger partial charge in [0.2, 0.25) is 0 Å². The van der Waals surface area contributed by atoms with Crippen LogP contribution in [0.1, 0.15) is 23.7 Å². The predicted molar refractivity (Wildman–Crippen MR) is 52.2 cm³/mol. The molecular weight excluding hydrogens is 164 g/mol. The fourth-order valence-electron chi connectivity index (χ4n) is 1.02. The van der Waals surface area contributed by atoms with Crippen LogP contribution in [0.4, 0.5) is 0 Å². The Labute approximate surface area is 77.7 Å². The second-order valence-electron chi connectivity index (χ2n) is 3.09. The summed E-state index contributed by atoms with van der Waals surface area (Å²) in [6.07, 6.45) is 0.431. The Morgan fingerprint density at radius 2 is 1.85 bits per heavy atom. The maximum Gasteiger partial charge on any atom is 0.196 e. The van der Waals surface area contributed by atoms with Crippen molar-refractivity contribution in [1.29, 1.82) is 0 Å². The average molecular weight is 178 g/mol. The molecule has 0 aliphatic rings. The lowest BCUT2D eigenvalue weighted by Crippen LogP contribution is -2.55. The zero-order chi connectivity index (χ0) is 9.90. The number of carbonyl (C=O) groups is 1. The van der Waals surface area contributed by atoms with E-state index in [9.17, 15) is 4.79 Å². The molecule has 13 heavy (non-hydrogen) atoms. The summed E-state index contributed by atoms with van der Waals surface area (Å²) in [5.41, 5.74) is 10.6. The molecule has 4 N–H and O–H groups in total. The Morgan fingerprint density at radius 3 is 2.31 bits per heavy atom. The van der Waals surface area contributed by atoms with E-state index in [4.69, 9.17) is 11.5 Å². The molecule has 0 bridgehead atoms. The summed E-state index contributed by atoms with van der Waals surface area (Å²) >= 11 is 0. The Morgan fingerprint density at radius 1 is 1.31 bits per heavy atom. The van der Waals surface area contributed by atoms with Crippen molar-refractivity contribution in [2.45, 2.75) is 19.0 Å². The predicted octanol–water partition coefficient (Wildman–Crippen LogP) is 0.893. The van der Waals surface area contributed by atoms with Crippen molar-refractivity contribution in [2.24, 2.45) is 11.5 Å². The molecule has 1 rings (SSSR count). The van der Waals surface area contributed by atoms with Crippen LogP contribution >= 0.6 is 0 Å². The normalized spacial score (nSPS) is 11.3. The van der Waals surface area contributed by atoms with Gasteiger partial charge in [-0.15, -0.1) is 0 Å². The van der Waals surface area contributed by atoms with Crippen molar-refractivity contribution in [2.75, 3.05) is 0 Å². The SMILES string of the molecule is CCC(N)(N)C(=O)c1ccccc1. The number of hydrogen-bond donors (Lipinski definition) is 2. The zero-order valence-corrected chi connectivity index (χ0v) is 7.66. The van der Waals surface area contributed by atoms with E-state index in [0.717, 1.165) is 0 Å². The highest BCUT2D eigenvalue weighted by atomic mass is 16.1. The van der Waals surface area contributed by atoms with Crippen LogP contribution in [-0.2, 0) is 0 Å². The van der Waals surface area contributed by atoms with Crippen LogP contribution in [0, 0.1) is 0 Å². The molecule has 0 heterocycles. The standard InChI is InChI=1S/C10H14N2O/c1-2-10(11,12)9(13)8-6-4-3-5-7-8/h3-7H,2,11-12H2,1H3. The third-order valence-corrected chi connectivity index (χ3v) is 2.04. The van der Waals surface area contributed by atoms with Crippen LogP contribution in [0.5, 0.6) is 0 Å². The second kappa shape index (κ2) is 3.68. The average Bonchev–Trinajstić information content (AvgIpc) is 2.18. The van der Waals surface area contributed by atoms with Gasteiger partial charge in [-0.1, -0.05) is 37.3 Å². The minimum absolute atomic E-state index is 0.212. The molecule has 0 radical (unpaired) electrons. The van der Waals surface area contributed by atoms with Gasteiger partial charge in [0.25, 0.3) is 0 Å². The van der Waals surface area contributed by atoms with Gasteiger partial charge in [-0.05, 0) is 6.42 Å². The molecule has 0 aliphatic carbocycles. The van der Waals surface area contributed by atoms with E-state index in [0.29, 0.717) is 12.0 Å². The molecule has 3 nitrogen and oxygen atoms in total. The quantitative estimate of drug-likeness (QED) is 0.533. The molecule has 0 unspecified atom stereocenters. The molecule has 0 saturated carbocycles. The number of rotatable bonds is 3. The minimum Gasteiger partial charge on any atom is -0.307 e. The van der Waals surface area contributed by atoms with Gasteiger partial charge in [0.15, 0.2) is 5.78 Å². The first-order chi connectivity index (χ1) is 6.08. The summed E-state index contributed by atoms with van der Waals surface area (Å²) in [6, 6.07) is 8.86. The summed E-state index contributed by atoms with van der Waals surface area (Å²) < 4.78 is 0. The van der Waals surface area contributed by atoms with E-state index in [1.165, 1.54) is 0 Å². The number of carbonyl (C=O) groups excluding carboxylic acids is 1. The Balaban J connectivity index is 2.93. The molecular formula is C10H14N2O. The van der Waals surface area contributed by atoms with Crippen LogP contribution in [0.15, 0.2) is 30.3 Å². The molecule has 0 spiro atoms. The maximum atomic E-state index is 11.6. The smallest absolute Gasteiger partial charge is 0.196 e. The highest BCUT2D eigenvalue weighted by molar-refractivity contribution is 6.02. The van der Waals surface area contributed by atoms with Crippen molar-refractivity contribution in [3.63, 3.8) is 0 Å². The molecule has 1 aromatic carbocycles. The number of hydrogen-bond acceptors (Lipinski definition) is 3. The fraction of sp³-hybridized carbons (Fsp3) is 0.300. The van der Waals surface area contributed by atoms with Crippen LogP contribution in [0.3, 0.4) is 0 Å². The van der Waals surface area contributed by atoms with Gasteiger partial charge in [-0.2, -0.15) is 0 Å². The van der Waals surface area contributed by atoms with Gasteiger partial charge in [0, 0.05) is 5.56 Å². The van der Waals surface area contributed by atoms with E-state index < -0.39 is 5.66 Å². The number of ketones is 1. The first-order valence-electron chi connectivity index (χ1n) is 4.25. The number of nitrogens with two attached hydrogens (primary N) is 2. The Bertz CT molecular complexity index is 293. The van der Waals surface area contributed by atoms with E-state index in [-0.39, 0.29) is 5.78 Å². The third kappa shape index (κ3) is 2.14. The number of Topliss-reactive ketones (excluding diaryl/α,β-unsaturated/α-hetero) is 1. The van der Waals surface area contributed by atoms with Gasteiger partial charge in [0.1, 0.15) is 5.66 Å². The van der Waals surface area contributed by atoms with Crippen molar-refractivity contribution in [3.05, 3.63) is 35.9 Å². The Kier molecular flexibility index (Phi) is 2.80. The third-order valence-electron chi connectivity index (χ3n) is 2.04. The van der Waals surface area contributed by atoms with Gasteiger partial charge >= 0.3 is 0 Å². The van der Waals surface area contributed by atoms with Crippen LogP contribution in [0.2, 0.25) is 0 Å².